The molecule has 0 atom stereocenters. The topological polar surface area (TPSA) is 12.2 Å². The first-order chi connectivity index (χ1) is 3.58. The zero-order valence-corrected chi connectivity index (χ0v) is 6.77. The summed E-state index contributed by atoms with van der Waals surface area (Å²) in [6.45, 7) is 8.89. The van der Waals surface area contributed by atoms with Crippen molar-refractivity contribution in [1.82, 2.24) is 5.06 Å². The molecule has 0 N–H and O–H groups in total. The minimum atomic E-state index is -1.23. The molecule has 0 aromatic carbocycles. The van der Waals surface area contributed by atoms with Crippen LogP contribution < -0.4 is 0 Å². The summed E-state index contributed by atoms with van der Waals surface area (Å²) in [6, 6.07) is 0. The molecule has 3 heteroatoms. The highest BCUT2D eigenvalue weighted by Gasteiger charge is 2.26. The largest absolute Gasteiger partial charge is 0.343 e. The van der Waals surface area contributed by atoms with Crippen molar-refractivity contribution in [2.45, 2.75) is 19.6 Å². The summed E-state index contributed by atoms with van der Waals surface area (Å²) in [5.41, 5.74) is 0. The highest BCUT2D eigenvalue weighted by molar-refractivity contribution is 6.69. The summed E-state index contributed by atoms with van der Waals surface area (Å²) in [5, 5.41) is 2.02. The maximum absolute atomic E-state index is 5.52. The van der Waals surface area contributed by atoms with E-state index in [1.165, 1.54) is 0 Å². The smallest absolute Gasteiger partial charge is 0.212 e. The average molecular weight is 131 g/mol. The van der Waals surface area contributed by atoms with Crippen molar-refractivity contribution in [3.8, 4) is 0 Å². The van der Waals surface area contributed by atoms with Crippen molar-refractivity contribution in [2.75, 3.05) is 13.1 Å². The fourth-order valence-electron chi connectivity index (χ4n) is 0.519. The molecule has 1 fully saturated rings. The van der Waals surface area contributed by atoms with Gasteiger partial charge in [0.1, 0.15) is 0 Å². The molecule has 1 aliphatic heterocycles. The van der Waals surface area contributed by atoms with Crippen LogP contribution in [-0.4, -0.2) is 26.5 Å². The number of hydroxylamine groups is 2. The molecular weight excluding hydrogens is 118 g/mol. The fourth-order valence-corrected chi connectivity index (χ4v) is 1.48. The molecule has 2 nitrogen and oxygen atoms in total. The van der Waals surface area contributed by atoms with Crippen LogP contribution in [0.5, 0.6) is 0 Å². The molecule has 1 rings (SSSR count). The van der Waals surface area contributed by atoms with Crippen LogP contribution in [0.3, 0.4) is 0 Å². The highest BCUT2D eigenvalue weighted by Crippen LogP contribution is 2.12. The van der Waals surface area contributed by atoms with Crippen molar-refractivity contribution in [3.05, 3.63) is 0 Å². The Labute approximate surface area is 51.5 Å². The van der Waals surface area contributed by atoms with Crippen LogP contribution in [-0.2, 0) is 4.53 Å². The van der Waals surface area contributed by atoms with Gasteiger partial charge in [-0.25, -0.2) is 0 Å². The zero-order valence-electron chi connectivity index (χ0n) is 5.77. The predicted octanol–water partition coefficient (Wildman–Crippen LogP) is 1.07. The summed E-state index contributed by atoms with van der Waals surface area (Å²) < 4.78 is 5.52. The third-order valence-corrected chi connectivity index (χ3v) is 1.62. The van der Waals surface area contributed by atoms with Gasteiger partial charge in [0.2, 0.25) is 8.32 Å². The van der Waals surface area contributed by atoms with E-state index in [0.29, 0.717) is 0 Å². The predicted molar refractivity (Wildman–Crippen MR) is 36.0 cm³/mol. The van der Waals surface area contributed by atoms with Gasteiger partial charge in [-0.3, -0.25) is 0 Å². The summed E-state index contributed by atoms with van der Waals surface area (Å²) in [6.07, 6.45) is 0. The lowest BCUT2D eigenvalue weighted by molar-refractivity contribution is 0.0593. The van der Waals surface area contributed by atoms with Crippen molar-refractivity contribution < 1.29 is 4.53 Å². The van der Waals surface area contributed by atoms with Crippen LogP contribution in [0.15, 0.2) is 0 Å². The van der Waals surface area contributed by atoms with Gasteiger partial charge >= 0.3 is 0 Å². The van der Waals surface area contributed by atoms with Gasteiger partial charge in [-0.2, -0.15) is 5.06 Å². The molecule has 0 amide bonds. The molecule has 0 bridgehead atoms. The second-order valence-corrected chi connectivity index (χ2v) is 7.54. The number of hydrogen-bond donors (Lipinski definition) is 0. The van der Waals surface area contributed by atoms with Crippen LogP contribution in [0.1, 0.15) is 0 Å². The van der Waals surface area contributed by atoms with Crippen molar-refractivity contribution >= 4 is 8.32 Å². The lowest BCUT2D eigenvalue weighted by Gasteiger charge is -2.15. The third kappa shape index (κ3) is 2.45. The molecule has 1 aliphatic rings. The number of hydrogen-bond acceptors (Lipinski definition) is 2. The molecule has 0 aromatic heterocycles. The van der Waals surface area contributed by atoms with Crippen molar-refractivity contribution in [1.29, 1.82) is 0 Å². The number of rotatable bonds is 2. The molecule has 0 unspecified atom stereocenters. The summed E-state index contributed by atoms with van der Waals surface area (Å²) in [5.74, 6) is 0. The lowest BCUT2D eigenvalue weighted by Crippen LogP contribution is -2.28. The van der Waals surface area contributed by atoms with Crippen LogP contribution in [0.4, 0.5) is 0 Å². The molecular formula is C5H13NOSi. The van der Waals surface area contributed by atoms with Gasteiger partial charge in [-0.05, 0) is 19.6 Å². The monoisotopic (exact) mass is 131 g/mol. The van der Waals surface area contributed by atoms with E-state index >= 15 is 0 Å². The lowest BCUT2D eigenvalue weighted by atomic mass is 11.0. The Morgan fingerprint density at radius 2 is 1.75 bits per heavy atom. The molecule has 0 saturated carbocycles. The first kappa shape index (κ1) is 6.26. The Balaban J connectivity index is 2.16. The van der Waals surface area contributed by atoms with E-state index in [1.807, 2.05) is 5.06 Å². The molecule has 48 valence electrons. The quantitative estimate of drug-likeness (QED) is 0.410. The fraction of sp³-hybridized carbons (Fsp3) is 1.00. The molecule has 8 heavy (non-hydrogen) atoms. The van der Waals surface area contributed by atoms with Gasteiger partial charge in [0, 0.05) is 13.1 Å². The summed E-state index contributed by atoms with van der Waals surface area (Å²) >= 11 is 0. The maximum atomic E-state index is 5.52. The van der Waals surface area contributed by atoms with Crippen molar-refractivity contribution in [2.24, 2.45) is 0 Å². The standard InChI is InChI=1S/C5H13NOSi/c1-8(2,3)7-6-4-5-6/h4-5H2,1-3H3. The molecule has 0 spiro atoms. The minimum Gasteiger partial charge on any atom is -0.343 e. The van der Waals surface area contributed by atoms with Gasteiger partial charge in [0.05, 0.1) is 0 Å². The Hall–Kier alpha value is 0.137. The van der Waals surface area contributed by atoms with E-state index in [1.54, 1.807) is 0 Å². The highest BCUT2D eigenvalue weighted by atomic mass is 28.4. The van der Waals surface area contributed by atoms with E-state index in [2.05, 4.69) is 19.6 Å². The second kappa shape index (κ2) is 1.82. The Bertz CT molecular complexity index is 84.9. The van der Waals surface area contributed by atoms with Crippen LogP contribution in [0.25, 0.3) is 0 Å². The van der Waals surface area contributed by atoms with Crippen LogP contribution >= 0.6 is 0 Å². The molecule has 0 aromatic rings. The maximum Gasteiger partial charge on any atom is 0.212 e. The Morgan fingerprint density at radius 1 is 1.25 bits per heavy atom. The first-order valence-electron chi connectivity index (χ1n) is 3.02. The van der Waals surface area contributed by atoms with E-state index in [9.17, 15) is 0 Å². The van der Waals surface area contributed by atoms with Gasteiger partial charge in [-0.15, -0.1) is 0 Å². The van der Waals surface area contributed by atoms with Crippen LogP contribution in [0, 0.1) is 0 Å². The second-order valence-electron chi connectivity index (χ2n) is 3.13. The SMILES string of the molecule is C[Si](C)(C)ON1CC1. The third-order valence-electron chi connectivity index (χ3n) is 0.809. The van der Waals surface area contributed by atoms with Crippen LogP contribution in [0.2, 0.25) is 19.6 Å². The summed E-state index contributed by atoms with van der Waals surface area (Å²) in [4.78, 5) is 0. The van der Waals surface area contributed by atoms with E-state index < -0.39 is 8.32 Å². The summed E-state index contributed by atoms with van der Waals surface area (Å²) in [7, 11) is -1.23. The van der Waals surface area contributed by atoms with E-state index in [4.69, 9.17) is 4.53 Å². The number of nitrogens with zero attached hydrogens (tertiary/aromatic N) is 1. The van der Waals surface area contributed by atoms with Gasteiger partial charge in [-0.1, -0.05) is 0 Å². The van der Waals surface area contributed by atoms with E-state index in [0.717, 1.165) is 13.1 Å². The zero-order chi connectivity index (χ0) is 6.20. The Morgan fingerprint density at radius 3 is 1.88 bits per heavy atom. The normalized spacial score (nSPS) is 21.4. The van der Waals surface area contributed by atoms with Gasteiger partial charge in [0.15, 0.2) is 0 Å². The first-order valence-corrected chi connectivity index (χ1v) is 6.43. The molecule has 0 aliphatic carbocycles. The Kier molecular flexibility index (Phi) is 1.43. The molecule has 1 heterocycles. The molecule has 0 radical (unpaired) electrons. The minimum absolute atomic E-state index is 1.14. The van der Waals surface area contributed by atoms with Crippen molar-refractivity contribution in [3.63, 3.8) is 0 Å². The van der Waals surface area contributed by atoms with Gasteiger partial charge in [0.25, 0.3) is 0 Å². The average Bonchev–Trinajstić information content (AvgIpc) is 2.12. The van der Waals surface area contributed by atoms with E-state index in [-0.39, 0.29) is 0 Å². The van der Waals surface area contributed by atoms with Gasteiger partial charge < -0.3 is 4.53 Å². The molecule has 1 saturated heterocycles.